The number of nitrogens with zero attached hydrogens (tertiary/aromatic N) is 1. The standard InChI is InChI=1S/C19H29NO3/c1-4-13(12-21)14-5-7-20-8-6-15-10-18(22-2)19(23-3)11-16(15)17(20)9-14/h10-11,13-14,17,21H,4-9,12H2,1-3H3/t13?,14?,17-/m0/s1. The van der Waals surface area contributed by atoms with Crippen molar-refractivity contribution in [1.29, 1.82) is 0 Å². The number of benzene rings is 1. The first-order valence-electron chi connectivity index (χ1n) is 8.81. The minimum absolute atomic E-state index is 0.312. The van der Waals surface area contributed by atoms with Crippen LogP contribution < -0.4 is 9.47 Å². The molecule has 128 valence electrons. The fraction of sp³-hybridized carbons (Fsp3) is 0.684. The van der Waals surface area contributed by atoms with Crippen molar-refractivity contribution in [3.63, 3.8) is 0 Å². The van der Waals surface area contributed by atoms with Gasteiger partial charge in [0.05, 0.1) is 14.2 Å². The fourth-order valence-corrected chi connectivity index (χ4v) is 4.40. The van der Waals surface area contributed by atoms with Gasteiger partial charge >= 0.3 is 0 Å². The van der Waals surface area contributed by atoms with Gasteiger partial charge in [0.2, 0.25) is 0 Å². The molecule has 2 aliphatic heterocycles. The molecule has 4 nitrogen and oxygen atoms in total. The molecule has 0 aliphatic carbocycles. The number of ether oxygens (including phenoxy) is 2. The van der Waals surface area contributed by atoms with E-state index in [0.717, 1.165) is 43.9 Å². The van der Waals surface area contributed by atoms with Crippen molar-refractivity contribution in [1.82, 2.24) is 4.90 Å². The lowest BCUT2D eigenvalue weighted by atomic mass is 9.76. The molecule has 0 saturated carbocycles. The average Bonchev–Trinajstić information content (AvgIpc) is 2.61. The summed E-state index contributed by atoms with van der Waals surface area (Å²) in [6, 6.07) is 4.78. The van der Waals surface area contributed by atoms with E-state index in [9.17, 15) is 5.11 Å². The van der Waals surface area contributed by atoms with Crippen LogP contribution in [0.4, 0.5) is 0 Å². The van der Waals surface area contributed by atoms with E-state index in [1.807, 2.05) is 0 Å². The van der Waals surface area contributed by atoms with E-state index < -0.39 is 0 Å². The molecule has 23 heavy (non-hydrogen) atoms. The van der Waals surface area contributed by atoms with E-state index in [0.29, 0.717) is 24.5 Å². The third-order valence-electron chi connectivity index (χ3n) is 5.85. The van der Waals surface area contributed by atoms with Crippen molar-refractivity contribution in [2.45, 2.75) is 38.6 Å². The van der Waals surface area contributed by atoms with Gasteiger partial charge in [0.25, 0.3) is 0 Å². The number of methoxy groups -OCH3 is 2. The number of aliphatic hydroxyl groups is 1. The van der Waals surface area contributed by atoms with Crippen molar-refractivity contribution < 1.29 is 14.6 Å². The van der Waals surface area contributed by atoms with Gasteiger partial charge in [-0.25, -0.2) is 0 Å². The Hall–Kier alpha value is -1.26. The van der Waals surface area contributed by atoms with Gasteiger partial charge in [-0.15, -0.1) is 0 Å². The van der Waals surface area contributed by atoms with Gasteiger partial charge in [0.1, 0.15) is 0 Å². The van der Waals surface area contributed by atoms with Crippen molar-refractivity contribution in [3.8, 4) is 11.5 Å². The molecule has 2 heterocycles. The molecule has 0 radical (unpaired) electrons. The summed E-state index contributed by atoms with van der Waals surface area (Å²) >= 11 is 0. The van der Waals surface area contributed by atoms with Gasteiger partial charge in [0.15, 0.2) is 11.5 Å². The van der Waals surface area contributed by atoms with Crippen molar-refractivity contribution in [2.75, 3.05) is 33.9 Å². The van der Waals surface area contributed by atoms with E-state index in [2.05, 4.69) is 24.0 Å². The van der Waals surface area contributed by atoms with Crippen molar-refractivity contribution in [3.05, 3.63) is 23.3 Å². The minimum Gasteiger partial charge on any atom is -0.493 e. The molecule has 0 aromatic heterocycles. The van der Waals surface area contributed by atoms with Crippen LogP contribution in [0.25, 0.3) is 0 Å². The summed E-state index contributed by atoms with van der Waals surface area (Å²) < 4.78 is 11.0. The lowest BCUT2D eigenvalue weighted by molar-refractivity contribution is 0.0570. The Balaban J connectivity index is 1.90. The highest BCUT2D eigenvalue weighted by Gasteiger charge is 2.36. The smallest absolute Gasteiger partial charge is 0.161 e. The van der Waals surface area contributed by atoms with E-state index in [1.165, 1.54) is 17.5 Å². The Morgan fingerprint density at radius 3 is 2.61 bits per heavy atom. The number of aliphatic hydroxyl groups excluding tert-OH is 1. The van der Waals surface area contributed by atoms with Gasteiger partial charge in [-0.2, -0.15) is 0 Å². The monoisotopic (exact) mass is 319 g/mol. The third kappa shape index (κ3) is 3.07. The zero-order chi connectivity index (χ0) is 16.4. The maximum atomic E-state index is 9.67. The molecule has 1 fully saturated rings. The summed E-state index contributed by atoms with van der Waals surface area (Å²) in [5.74, 6) is 2.70. The second-order valence-corrected chi connectivity index (χ2v) is 6.84. The Morgan fingerprint density at radius 2 is 1.96 bits per heavy atom. The quantitative estimate of drug-likeness (QED) is 0.906. The Labute approximate surface area is 139 Å². The van der Waals surface area contributed by atoms with Gasteiger partial charge in [-0.3, -0.25) is 4.90 Å². The lowest BCUT2D eigenvalue weighted by Gasteiger charge is -2.45. The minimum atomic E-state index is 0.312. The maximum absolute atomic E-state index is 9.67. The average molecular weight is 319 g/mol. The summed E-state index contributed by atoms with van der Waals surface area (Å²) in [4.78, 5) is 2.61. The van der Waals surface area contributed by atoms with Crippen LogP contribution in [0.1, 0.15) is 43.4 Å². The first-order valence-corrected chi connectivity index (χ1v) is 8.81. The number of fused-ring (bicyclic) bond motifs is 3. The first-order chi connectivity index (χ1) is 11.2. The van der Waals surface area contributed by atoms with E-state index in [4.69, 9.17) is 9.47 Å². The van der Waals surface area contributed by atoms with Crippen LogP contribution in [0, 0.1) is 11.8 Å². The summed E-state index contributed by atoms with van der Waals surface area (Å²) in [5, 5.41) is 9.67. The summed E-state index contributed by atoms with van der Waals surface area (Å²) in [5.41, 5.74) is 2.79. The highest BCUT2D eigenvalue weighted by Crippen LogP contribution is 2.44. The molecule has 1 aromatic rings. The fourth-order valence-electron chi connectivity index (χ4n) is 4.40. The van der Waals surface area contributed by atoms with Crippen molar-refractivity contribution >= 4 is 0 Å². The molecule has 0 bridgehead atoms. The van der Waals surface area contributed by atoms with Crippen LogP contribution in [-0.2, 0) is 6.42 Å². The summed E-state index contributed by atoms with van der Waals surface area (Å²) in [7, 11) is 3.40. The van der Waals surface area contributed by atoms with Gasteiger partial charge in [0, 0.05) is 19.2 Å². The first kappa shape index (κ1) is 16.6. The number of hydrogen-bond acceptors (Lipinski definition) is 4. The maximum Gasteiger partial charge on any atom is 0.161 e. The normalized spacial score (nSPS) is 25.4. The molecule has 1 saturated heterocycles. The molecule has 2 aliphatic rings. The molecule has 3 rings (SSSR count). The van der Waals surface area contributed by atoms with Crippen LogP contribution in [0.2, 0.25) is 0 Å². The number of piperidine rings is 1. The van der Waals surface area contributed by atoms with Crippen LogP contribution in [0.5, 0.6) is 11.5 Å². The zero-order valence-corrected chi connectivity index (χ0v) is 14.5. The highest BCUT2D eigenvalue weighted by molar-refractivity contribution is 5.49. The Kier molecular flexibility index (Phi) is 5.12. The molecule has 0 spiro atoms. The molecule has 2 unspecified atom stereocenters. The van der Waals surface area contributed by atoms with E-state index in [-0.39, 0.29) is 0 Å². The van der Waals surface area contributed by atoms with Crippen LogP contribution in [-0.4, -0.2) is 43.9 Å². The van der Waals surface area contributed by atoms with Crippen molar-refractivity contribution in [2.24, 2.45) is 11.8 Å². The Bertz CT molecular complexity index is 542. The highest BCUT2D eigenvalue weighted by atomic mass is 16.5. The molecule has 0 amide bonds. The predicted molar refractivity (Wildman–Crippen MR) is 91.2 cm³/mol. The topological polar surface area (TPSA) is 41.9 Å². The van der Waals surface area contributed by atoms with Gasteiger partial charge < -0.3 is 14.6 Å². The molecule has 3 atom stereocenters. The summed E-state index contributed by atoms with van der Waals surface area (Å²) in [6.07, 6.45) is 4.49. The molecule has 1 aromatic carbocycles. The lowest BCUT2D eigenvalue weighted by Crippen LogP contribution is -2.43. The molecular weight excluding hydrogens is 290 g/mol. The SMILES string of the molecule is CCC(CO)C1CCN2CCc3cc(OC)c(OC)cc3[C@@H]2C1. The van der Waals surface area contributed by atoms with Crippen LogP contribution in [0.15, 0.2) is 12.1 Å². The van der Waals surface area contributed by atoms with Gasteiger partial charge in [-0.1, -0.05) is 13.3 Å². The zero-order valence-electron chi connectivity index (χ0n) is 14.5. The number of rotatable bonds is 5. The second-order valence-electron chi connectivity index (χ2n) is 6.84. The van der Waals surface area contributed by atoms with Gasteiger partial charge in [-0.05, 0) is 60.9 Å². The second kappa shape index (κ2) is 7.10. The largest absolute Gasteiger partial charge is 0.493 e. The third-order valence-corrected chi connectivity index (χ3v) is 5.85. The molecule has 4 heteroatoms. The predicted octanol–water partition coefficient (Wildman–Crippen LogP) is 3.03. The van der Waals surface area contributed by atoms with E-state index >= 15 is 0 Å². The molecular formula is C19H29NO3. The summed E-state index contributed by atoms with van der Waals surface area (Å²) in [6.45, 7) is 4.76. The van der Waals surface area contributed by atoms with Crippen LogP contribution in [0.3, 0.4) is 0 Å². The van der Waals surface area contributed by atoms with E-state index in [1.54, 1.807) is 14.2 Å². The number of hydrogen-bond donors (Lipinski definition) is 1. The Morgan fingerprint density at radius 1 is 1.22 bits per heavy atom. The van der Waals surface area contributed by atoms with Crippen LogP contribution >= 0.6 is 0 Å². The molecule has 1 N–H and O–H groups in total.